The molecule has 1 unspecified atom stereocenters. The molecule has 0 aliphatic rings. The summed E-state index contributed by atoms with van der Waals surface area (Å²) in [6.07, 6.45) is 0. The lowest BCUT2D eigenvalue weighted by Crippen LogP contribution is -2.16. The standard InChI is InChI=1S/C20H22N4O2S/c1-13-5-6-14(2)18(11-13)19(25)15(3)27-20-21-22-23-24(20)12-16-7-9-17(26-4)10-8-16/h5-11,15H,12H2,1-4H3. The van der Waals surface area contributed by atoms with Crippen LogP contribution in [0.3, 0.4) is 0 Å². The molecule has 27 heavy (non-hydrogen) atoms. The van der Waals surface area contributed by atoms with E-state index in [1.807, 2.05) is 63.2 Å². The van der Waals surface area contributed by atoms with Gasteiger partial charge in [-0.15, -0.1) is 5.10 Å². The number of ketones is 1. The van der Waals surface area contributed by atoms with Crippen molar-refractivity contribution in [3.63, 3.8) is 0 Å². The first kappa shape index (κ1) is 19.1. The van der Waals surface area contributed by atoms with Crippen LogP contribution < -0.4 is 4.74 Å². The predicted molar refractivity (Wildman–Crippen MR) is 105 cm³/mol. The van der Waals surface area contributed by atoms with Gasteiger partial charge in [-0.1, -0.05) is 41.6 Å². The first-order valence-corrected chi connectivity index (χ1v) is 9.53. The molecule has 1 aromatic heterocycles. The number of ether oxygens (including phenoxy) is 1. The van der Waals surface area contributed by atoms with Gasteiger partial charge in [-0.2, -0.15) is 0 Å². The van der Waals surface area contributed by atoms with Crippen molar-refractivity contribution in [3.05, 3.63) is 64.7 Å². The number of aromatic nitrogens is 4. The normalized spacial score (nSPS) is 12.0. The highest BCUT2D eigenvalue weighted by Crippen LogP contribution is 2.25. The molecule has 3 rings (SSSR count). The second kappa shape index (κ2) is 8.35. The minimum absolute atomic E-state index is 0.0835. The molecule has 0 bridgehead atoms. The number of carbonyl (C=O) groups is 1. The van der Waals surface area contributed by atoms with Gasteiger partial charge in [0.05, 0.1) is 18.9 Å². The van der Waals surface area contributed by atoms with E-state index in [-0.39, 0.29) is 11.0 Å². The van der Waals surface area contributed by atoms with E-state index in [1.54, 1.807) is 11.8 Å². The third-order valence-corrected chi connectivity index (χ3v) is 5.37. The molecule has 6 nitrogen and oxygen atoms in total. The molecule has 1 heterocycles. The number of carbonyl (C=O) groups excluding carboxylic acids is 1. The van der Waals surface area contributed by atoms with E-state index in [2.05, 4.69) is 15.5 Å². The minimum Gasteiger partial charge on any atom is -0.497 e. The van der Waals surface area contributed by atoms with E-state index in [0.717, 1.165) is 28.0 Å². The minimum atomic E-state index is -0.286. The zero-order valence-electron chi connectivity index (χ0n) is 15.8. The Labute approximate surface area is 162 Å². The van der Waals surface area contributed by atoms with Crippen LogP contribution in [0.5, 0.6) is 5.75 Å². The maximum atomic E-state index is 12.9. The second-order valence-corrected chi connectivity index (χ2v) is 7.72. The van der Waals surface area contributed by atoms with Crippen molar-refractivity contribution in [1.29, 1.82) is 0 Å². The van der Waals surface area contributed by atoms with Crippen molar-refractivity contribution >= 4 is 17.5 Å². The third-order valence-electron chi connectivity index (χ3n) is 4.30. The van der Waals surface area contributed by atoms with Crippen molar-refractivity contribution in [2.45, 2.75) is 37.7 Å². The van der Waals surface area contributed by atoms with Gasteiger partial charge in [-0.25, -0.2) is 4.68 Å². The molecule has 140 valence electrons. The summed E-state index contributed by atoms with van der Waals surface area (Å²) in [5, 5.41) is 12.3. The van der Waals surface area contributed by atoms with E-state index in [0.29, 0.717) is 11.7 Å². The Kier molecular flexibility index (Phi) is 5.91. The largest absolute Gasteiger partial charge is 0.497 e. The first-order chi connectivity index (χ1) is 13.0. The van der Waals surface area contributed by atoms with E-state index in [4.69, 9.17) is 4.74 Å². The highest BCUT2D eigenvalue weighted by molar-refractivity contribution is 8.00. The fourth-order valence-corrected chi connectivity index (χ4v) is 3.57. The van der Waals surface area contributed by atoms with Gasteiger partial charge < -0.3 is 4.74 Å². The van der Waals surface area contributed by atoms with Crippen molar-refractivity contribution in [2.24, 2.45) is 0 Å². The molecule has 0 amide bonds. The van der Waals surface area contributed by atoms with Gasteiger partial charge >= 0.3 is 0 Å². The number of nitrogens with zero attached hydrogens (tertiary/aromatic N) is 4. The molecule has 0 N–H and O–H groups in total. The van der Waals surface area contributed by atoms with Crippen molar-refractivity contribution in [1.82, 2.24) is 20.2 Å². The number of aryl methyl sites for hydroxylation is 2. The summed E-state index contributed by atoms with van der Waals surface area (Å²) in [6.45, 7) is 6.37. The van der Waals surface area contributed by atoms with Crippen molar-refractivity contribution in [3.8, 4) is 5.75 Å². The quantitative estimate of drug-likeness (QED) is 0.458. The summed E-state index contributed by atoms with van der Waals surface area (Å²) >= 11 is 1.37. The SMILES string of the molecule is COc1ccc(Cn2nnnc2SC(C)C(=O)c2cc(C)ccc2C)cc1. The number of methoxy groups -OCH3 is 1. The fraction of sp³-hybridized carbons (Fsp3) is 0.300. The third kappa shape index (κ3) is 4.54. The van der Waals surface area contributed by atoms with Gasteiger partial charge in [0.2, 0.25) is 5.16 Å². The predicted octanol–water partition coefficient (Wildman–Crippen LogP) is 3.71. The summed E-state index contributed by atoms with van der Waals surface area (Å²) in [6, 6.07) is 13.7. The van der Waals surface area contributed by atoms with Gasteiger partial charge in [0.25, 0.3) is 0 Å². The van der Waals surface area contributed by atoms with Crippen LogP contribution in [-0.2, 0) is 6.54 Å². The zero-order chi connectivity index (χ0) is 19.4. The maximum Gasteiger partial charge on any atom is 0.210 e. The molecular weight excluding hydrogens is 360 g/mol. The van der Waals surface area contributed by atoms with Crippen molar-refractivity contribution in [2.75, 3.05) is 7.11 Å². The number of tetrazole rings is 1. The van der Waals surface area contributed by atoms with Crippen LogP contribution in [0.4, 0.5) is 0 Å². The molecular formula is C20H22N4O2S. The van der Waals surface area contributed by atoms with E-state index in [1.165, 1.54) is 11.8 Å². The molecule has 0 aliphatic carbocycles. The smallest absolute Gasteiger partial charge is 0.210 e. The van der Waals surface area contributed by atoms with Crippen LogP contribution in [0.25, 0.3) is 0 Å². The number of benzene rings is 2. The van der Waals surface area contributed by atoms with E-state index < -0.39 is 0 Å². The zero-order valence-corrected chi connectivity index (χ0v) is 16.7. The lowest BCUT2D eigenvalue weighted by molar-refractivity contribution is 0.0993. The van der Waals surface area contributed by atoms with Gasteiger partial charge in [0.1, 0.15) is 5.75 Å². The second-order valence-electron chi connectivity index (χ2n) is 6.41. The molecule has 0 radical (unpaired) electrons. The molecule has 7 heteroatoms. The number of hydrogen-bond donors (Lipinski definition) is 0. The van der Waals surface area contributed by atoms with Gasteiger partial charge in [-0.05, 0) is 60.5 Å². The van der Waals surface area contributed by atoms with Gasteiger partial charge in [0.15, 0.2) is 5.78 Å². The number of rotatable bonds is 7. The Morgan fingerprint density at radius 2 is 1.93 bits per heavy atom. The maximum absolute atomic E-state index is 12.9. The van der Waals surface area contributed by atoms with E-state index >= 15 is 0 Å². The summed E-state index contributed by atoms with van der Waals surface area (Å²) in [4.78, 5) is 12.9. The number of hydrogen-bond acceptors (Lipinski definition) is 6. The Morgan fingerprint density at radius 3 is 2.63 bits per heavy atom. The number of Topliss-reactive ketones (excluding diaryl/α,β-unsaturated/α-hetero) is 1. The summed E-state index contributed by atoms with van der Waals surface area (Å²) in [7, 11) is 1.64. The van der Waals surface area contributed by atoms with Crippen LogP contribution >= 0.6 is 11.8 Å². The van der Waals surface area contributed by atoms with Crippen LogP contribution in [-0.4, -0.2) is 38.4 Å². The first-order valence-electron chi connectivity index (χ1n) is 8.65. The van der Waals surface area contributed by atoms with Gasteiger partial charge in [-0.3, -0.25) is 4.79 Å². The highest BCUT2D eigenvalue weighted by Gasteiger charge is 2.21. The Bertz CT molecular complexity index is 937. The molecule has 0 saturated carbocycles. The lowest BCUT2D eigenvalue weighted by Gasteiger charge is -2.12. The van der Waals surface area contributed by atoms with Crippen LogP contribution in [0, 0.1) is 13.8 Å². The molecule has 0 aliphatic heterocycles. The Hall–Kier alpha value is -2.67. The summed E-state index contributed by atoms with van der Waals surface area (Å²) in [5.74, 6) is 0.887. The average molecular weight is 382 g/mol. The summed E-state index contributed by atoms with van der Waals surface area (Å²) < 4.78 is 6.89. The molecule has 1 atom stereocenters. The molecule has 0 saturated heterocycles. The van der Waals surface area contributed by atoms with Crippen molar-refractivity contribution < 1.29 is 9.53 Å². The van der Waals surface area contributed by atoms with Crippen LogP contribution in [0.1, 0.15) is 34.0 Å². The topological polar surface area (TPSA) is 69.9 Å². The molecule has 3 aromatic rings. The molecule has 2 aromatic carbocycles. The average Bonchev–Trinajstić information content (AvgIpc) is 3.10. The lowest BCUT2D eigenvalue weighted by atomic mass is 10.0. The highest BCUT2D eigenvalue weighted by atomic mass is 32.2. The summed E-state index contributed by atoms with van der Waals surface area (Å²) in [5.41, 5.74) is 3.86. The van der Waals surface area contributed by atoms with Gasteiger partial charge in [0, 0.05) is 5.56 Å². The molecule has 0 spiro atoms. The van der Waals surface area contributed by atoms with Crippen LogP contribution in [0.15, 0.2) is 47.6 Å². The number of thioether (sulfide) groups is 1. The monoisotopic (exact) mass is 382 g/mol. The fourth-order valence-electron chi connectivity index (χ4n) is 2.72. The van der Waals surface area contributed by atoms with Crippen LogP contribution in [0.2, 0.25) is 0 Å². The Morgan fingerprint density at radius 1 is 1.19 bits per heavy atom. The Balaban J connectivity index is 1.73. The molecule has 0 fully saturated rings. The van der Waals surface area contributed by atoms with E-state index in [9.17, 15) is 4.79 Å².